The molecule has 3 aromatic carbocycles. The lowest BCUT2D eigenvalue weighted by Gasteiger charge is -2.21. The van der Waals surface area contributed by atoms with Crippen LogP contribution >= 0.6 is 0 Å². The Hall–Kier alpha value is -4.26. The van der Waals surface area contributed by atoms with Gasteiger partial charge in [-0.05, 0) is 73.9 Å². The SMILES string of the molecule is CCN(CC)c1ccc2c(C)c(-c3ccc(NCc4cc(CC(=O)OC)ccc4O)cc3)c(=O)oc2c1. The van der Waals surface area contributed by atoms with Crippen molar-refractivity contribution in [1.82, 2.24) is 0 Å². The molecule has 1 heterocycles. The highest BCUT2D eigenvalue weighted by Crippen LogP contribution is 2.30. The topological polar surface area (TPSA) is 92.0 Å². The number of ether oxygens (including phenoxy) is 1. The lowest BCUT2D eigenvalue weighted by Crippen LogP contribution is -2.21. The maximum Gasteiger partial charge on any atom is 0.344 e. The van der Waals surface area contributed by atoms with E-state index in [4.69, 9.17) is 9.15 Å². The minimum atomic E-state index is -0.366. The van der Waals surface area contributed by atoms with Crippen LogP contribution in [0.5, 0.6) is 5.75 Å². The van der Waals surface area contributed by atoms with Gasteiger partial charge in [-0.1, -0.05) is 18.2 Å². The molecule has 7 heteroatoms. The predicted octanol–water partition coefficient (Wildman–Crippen LogP) is 5.65. The normalized spacial score (nSPS) is 10.9. The minimum absolute atomic E-state index is 0.142. The summed E-state index contributed by atoms with van der Waals surface area (Å²) < 4.78 is 10.5. The van der Waals surface area contributed by atoms with Crippen molar-refractivity contribution >= 4 is 28.3 Å². The first kappa shape index (κ1) is 25.8. The van der Waals surface area contributed by atoms with E-state index in [0.717, 1.165) is 46.5 Å². The van der Waals surface area contributed by atoms with Crippen molar-refractivity contribution in [3.05, 3.63) is 87.8 Å². The Morgan fingerprint density at radius 1 is 1.03 bits per heavy atom. The molecule has 0 saturated heterocycles. The minimum Gasteiger partial charge on any atom is -0.508 e. The second-order valence-corrected chi connectivity index (χ2v) is 8.89. The van der Waals surface area contributed by atoms with E-state index in [1.54, 1.807) is 18.2 Å². The Balaban J connectivity index is 1.55. The number of nitrogens with zero attached hydrogens (tertiary/aromatic N) is 1. The van der Waals surface area contributed by atoms with Crippen molar-refractivity contribution in [3.8, 4) is 16.9 Å². The summed E-state index contributed by atoms with van der Waals surface area (Å²) in [6.07, 6.45) is 0.142. The van der Waals surface area contributed by atoms with Gasteiger partial charge in [-0.25, -0.2) is 4.79 Å². The molecule has 0 radical (unpaired) electrons. The molecule has 0 spiro atoms. The smallest absolute Gasteiger partial charge is 0.344 e. The quantitative estimate of drug-likeness (QED) is 0.227. The maximum absolute atomic E-state index is 13.0. The third-order valence-corrected chi connectivity index (χ3v) is 6.66. The number of anilines is 2. The van der Waals surface area contributed by atoms with E-state index >= 15 is 0 Å². The lowest BCUT2D eigenvalue weighted by atomic mass is 9.99. The van der Waals surface area contributed by atoms with Crippen LogP contribution in [0, 0.1) is 6.92 Å². The molecule has 0 aliphatic rings. The number of aromatic hydroxyl groups is 1. The van der Waals surface area contributed by atoms with E-state index in [0.29, 0.717) is 23.3 Å². The summed E-state index contributed by atoms with van der Waals surface area (Å²) in [5.41, 5.74) is 5.71. The van der Waals surface area contributed by atoms with Crippen LogP contribution in [0.1, 0.15) is 30.5 Å². The van der Waals surface area contributed by atoms with Crippen LogP contribution in [0.3, 0.4) is 0 Å². The molecule has 0 aliphatic carbocycles. The van der Waals surface area contributed by atoms with Crippen LogP contribution in [0.25, 0.3) is 22.1 Å². The number of hydrogen-bond acceptors (Lipinski definition) is 7. The molecule has 0 unspecified atom stereocenters. The summed E-state index contributed by atoms with van der Waals surface area (Å²) in [6.45, 7) is 8.27. The Kier molecular flexibility index (Phi) is 7.82. The summed E-state index contributed by atoms with van der Waals surface area (Å²) in [5.74, 6) is -0.190. The molecule has 2 N–H and O–H groups in total. The standard InChI is InChI=1S/C30H32N2O5/c1-5-32(6-2)24-12-13-25-19(3)29(30(35)37-27(25)17-24)21-8-10-23(11-9-21)31-18-22-15-20(7-14-26(22)33)16-28(34)36-4/h7-15,17,31,33H,5-6,16,18H2,1-4H3. The molecule has 7 nitrogen and oxygen atoms in total. The molecule has 0 amide bonds. The van der Waals surface area contributed by atoms with Crippen LogP contribution in [-0.4, -0.2) is 31.3 Å². The van der Waals surface area contributed by atoms with E-state index in [1.165, 1.54) is 7.11 Å². The average Bonchev–Trinajstić information content (AvgIpc) is 2.90. The van der Waals surface area contributed by atoms with Gasteiger partial charge >= 0.3 is 11.6 Å². The van der Waals surface area contributed by atoms with E-state index in [1.807, 2.05) is 43.3 Å². The first-order valence-corrected chi connectivity index (χ1v) is 12.4. The van der Waals surface area contributed by atoms with Crippen molar-refractivity contribution in [1.29, 1.82) is 0 Å². The van der Waals surface area contributed by atoms with Crippen LogP contribution in [0.2, 0.25) is 0 Å². The van der Waals surface area contributed by atoms with Crippen LogP contribution < -0.4 is 15.8 Å². The van der Waals surface area contributed by atoms with Crippen molar-refractivity contribution in [2.75, 3.05) is 30.4 Å². The van der Waals surface area contributed by atoms with Crippen molar-refractivity contribution in [3.63, 3.8) is 0 Å². The molecule has 4 aromatic rings. The maximum atomic E-state index is 13.0. The number of phenolic OH excluding ortho intramolecular Hbond substituents is 1. The summed E-state index contributed by atoms with van der Waals surface area (Å²) in [4.78, 5) is 26.8. The third-order valence-electron chi connectivity index (χ3n) is 6.66. The van der Waals surface area contributed by atoms with Crippen molar-refractivity contribution in [2.45, 2.75) is 33.7 Å². The van der Waals surface area contributed by atoms with Crippen LogP contribution in [-0.2, 0) is 22.5 Å². The molecule has 0 aliphatic heterocycles. The molecular weight excluding hydrogens is 468 g/mol. The summed E-state index contributed by atoms with van der Waals surface area (Å²) in [6, 6.07) is 18.6. The second kappa shape index (κ2) is 11.2. The number of rotatable bonds is 9. The molecule has 37 heavy (non-hydrogen) atoms. The highest BCUT2D eigenvalue weighted by molar-refractivity contribution is 5.89. The molecule has 1 aromatic heterocycles. The first-order chi connectivity index (χ1) is 17.8. The van der Waals surface area contributed by atoms with Gasteiger partial charge in [0, 0.05) is 48.0 Å². The summed E-state index contributed by atoms with van der Waals surface area (Å²) in [7, 11) is 1.35. The number of hydrogen-bond donors (Lipinski definition) is 2. The van der Waals surface area contributed by atoms with E-state index in [2.05, 4.69) is 30.1 Å². The first-order valence-electron chi connectivity index (χ1n) is 12.4. The molecule has 4 rings (SSSR count). The van der Waals surface area contributed by atoms with Gasteiger partial charge in [0.2, 0.25) is 0 Å². The average molecular weight is 501 g/mol. The molecule has 0 fully saturated rings. The highest BCUT2D eigenvalue weighted by Gasteiger charge is 2.15. The van der Waals surface area contributed by atoms with Crippen molar-refractivity contribution < 1.29 is 19.1 Å². The van der Waals surface area contributed by atoms with Gasteiger partial charge < -0.3 is 24.5 Å². The van der Waals surface area contributed by atoms with Gasteiger partial charge in [-0.2, -0.15) is 0 Å². The predicted molar refractivity (Wildman–Crippen MR) is 147 cm³/mol. The van der Waals surface area contributed by atoms with E-state index < -0.39 is 0 Å². The number of carbonyl (C=O) groups is 1. The van der Waals surface area contributed by atoms with E-state index in [9.17, 15) is 14.7 Å². The lowest BCUT2D eigenvalue weighted by molar-refractivity contribution is -0.139. The largest absolute Gasteiger partial charge is 0.508 e. The highest BCUT2D eigenvalue weighted by atomic mass is 16.5. The van der Waals surface area contributed by atoms with Crippen molar-refractivity contribution in [2.24, 2.45) is 0 Å². The molecule has 192 valence electrons. The number of benzene rings is 3. The van der Waals surface area contributed by atoms with Gasteiger partial charge in [0.05, 0.1) is 19.1 Å². The fourth-order valence-corrected chi connectivity index (χ4v) is 4.55. The molecule has 0 saturated carbocycles. The Morgan fingerprint density at radius 2 is 1.76 bits per heavy atom. The summed E-state index contributed by atoms with van der Waals surface area (Å²) in [5, 5.41) is 14.4. The number of methoxy groups -OCH3 is 1. The Morgan fingerprint density at radius 3 is 2.43 bits per heavy atom. The van der Waals surface area contributed by atoms with Gasteiger partial charge in [0.1, 0.15) is 11.3 Å². The molecule has 0 atom stereocenters. The molecular formula is C30H32N2O5. The van der Waals surface area contributed by atoms with Gasteiger partial charge in [-0.15, -0.1) is 0 Å². The molecule has 0 bridgehead atoms. The van der Waals surface area contributed by atoms with E-state index in [-0.39, 0.29) is 23.8 Å². The monoisotopic (exact) mass is 500 g/mol. The number of nitrogens with one attached hydrogen (secondary N) is 1. The Labute approximate surface area is 216 Å². The summed E-state index contributed by atoms with van der Waals surface area (Å²) >= 11 is 0. The van der Waals surface area contributed by atoms with Crippen LogP contribution in [0.15, 0.2) is 69.9 Å². The van der Waals surface area contributed by atoms with Crippen LogP contribution in [0.4, 0.5) is 11.4 Å². The van der Waals surface area contributed by atoms with Gasteiger partial charge in [0.25, 0.3) is 0 Å². The fourth-order valence-electron chi connectivity index (χ4n) is 4.55. The zero-order valence-corrected chi connectivity index (χ0v) is 21.6. The number of carbonyl (C=O) groups excluding carboxylic acids is 1. The number of esters is 1. The second-order valence-electron chi connectivity index (χ2n) is 8.89. The fraction of sp³-hybridized carbons (Fsp3) is 0.267. The zero-order valence-electron chi connectivity index (χ0n) is 21.6. The number of fused-ring (bicyclic) bond motifs is 1. The number of phenols is 1. The third kappa shape index (κ3) is 5.61. The number of aryl methyl sites for hydroxylation is 1. The Bertz CT molecular complexity index is 1470. The zero-order chi connectivity index (χ0) is 26.5. The van der Waals surface area contributed by atoms with Gasteiger partial charge in [-0.3, -0.25) is 4.79 Å². The van der Waals surface area contributed by atoms with Gasteiger partial charge in [0.15, 0.2) is 0 Å².